The molecule has 4 nitrogen and oxygen atoms in total. The Morgan fingerprint density at radius 2 is 1.88 bits per heavy atom. The predicted molar refractivity (Wildman–Crippen MR) is 140 cm³/mol. The lowest BCUT2D eigenvalue weighted by atomic mass is 9.95. The van der Waals surface area contributed by atoms with Gasteiger partial charge in [0, 0.05) is 22.0 Å². The molecule has 1 amide bonds. The summed E-state index contributed by atoms with van der Waals surface area (Å²) in [6.07, 6.45) is 5.80. The van der Waals surface area contributed by atoms with Crippen LogP contribution in [0.15, 0.2) is 70.1 Å². The molecule has 2 aromatic heterocycles. The minimum atomic E-state index is -0.0822. The highest BCUT2D eigenvalue weighted by Crippen LogP contribution is 2.40. The largest absolute Gasteiger partial charge is 0.455 e. The van der Waals surface area contributed by atoms with E-state index in [4.69, 9.17) is 27.6 Å². The highest BCUT2D eigenvalue weighted by Gasteiger charge is 2.25. The SMILES string of the molecule is O=C(NCc1ccccc1)c1c(N=Cc2ccc(-c3cc(Cl)ccc3Cl)o2)sc2c1CCCC2. The smallest absolute Gasteiger partial charge is 0.254 e. The van der Waals surface area contributed by atoms with E-state index in [1.165, 1.54) is 4.88 Å². The summed E-state index contributed by atoms with van der Waals surface area (Å²) in [7, 11) is 0. The summed E-state index contributed by atoms with van der Waals surface area (Å²) in [5.74, 6) is 1.11. The number of furan rings is 1. The zero-order chi connectivity index (χ0) is 23.5. The average Bonchev–Trinajstić information content (AvgIpc) is 3.48. The van der Waals surface area contributed by atoms with Gasteiger partial charge in [-0.05, 0) is 67.1 Å². The molecule has 7 heteroatoms. The monoisotopic (exact) mass is 508 g/mol. The van der Waals surface area contributed by atoms with Gasteiger partial charge < -0.3 is 9.73 Å². The first-order chi connectivity index (χ1) is 16.6. The van der Waals surface area contributed by atoms with Crippen molar-refractivity contribution in [2.24, 2.45) is 4.99 Å². The molecule has 0 atom stereocenters. The van der Waals surface area contributed by atoms with Crippen LogP contribution in [0.4, 0.5) is 5.00 Å². The van der Waals surface area contributed by atoms with Gasteiger partial charge in [-0.2, -0.15) is 0 Å². The maximum Gasteiger partial charge on any atom is 0.254 e. The number of amides is 1. The fraction of sp³-hybridized carbons (Fsp3) is 0.185. The molecule has 1 aliphatic carbocycles. The van der Waals surface area contributed by atoms with Gasteiger partial charge >= 0.3 is 0 Å². The molecule has 0 saturated heterocycles. The molecule has 0 bridgehead atoms. The first-order valence-corrected chi connectivity index (χ1v) is 12.7. The van der Waals surface area contributed by atoms with Crippen LogP contribution in [-0.4, -0.2) is 12.1 Å². The van der Waals surface area contributed by atoms with E-state index in [2.05, 4.69) is 10.3 Å². The van der Waals surface area contributed by atoms with Crippen molar-refractivity contribution in [1.29, 1.82) is 0 Å². The third kappa shape index (κ3) is 4.97. The van der Waals surface area contributed by atoms with E-state index in [1.807, 2.05) is 42.5 Å². The van der Waals surface area contributed by atoms with Crippen molar-refractivity contribution in [2.45, 2.75) is 32.2 Å². The number of thiophene rings is 1. The number of aryl methyl sites for hydroxylation is 1. The van der Waals surface area contributed by atoms with Crippen molar-refractivity contribution in [3.8, 4) is 11.3 Å². The van der Waals surface area contributed by atoms with Crippen molar-refractivity contribution in [3.63, 3.8) is 0 Å². The van der Waals surface area contributed by atoms with E-state index in [0.29, 0.717) is 33.7 Å². The Morgan fingerprint density at radius 3 is 2.74 bits per heavy atom. The van der Waals surface area contributed by atoms with Crippen molar-refractivity contribution in [1.82, 2.24) is 5.32 Å². The summed E-state index contributed by atoms with van der Waals surface area (Å²) < 4.78 is 5.95. The van der Waals surface area contributed by atoms with Crippen LogP contribution in [-0.2, 0) is 19.4 Å². The second-order valence-corrected chi connectivity index (χ2v) is 10.1. The van der Waals surface area contributed by atoms with Gasteiger partial charge in [0.05, 0.1) is 16.8 Å². The van der Waals surface area contributed by atoms with Gasteiger partial charge in [-0.3, -0.25) is 4.79 Å². The lowest BCUT2D eigenvalue weighted by Crippen LogP contribution is -2.24. The maximum absolute atomic E-state index is 13.2. The fourth-order valence-corrected chi connectivity index (χ4v) is 5.73. The van der Waals surface area contributed by atoms with E-state index < -0.39 is 0 Å². The Bertz CT molecular complexity index is 1360. The van der Waals surface area contributed by atoms with Crippen molar-refractivity contribution < 1.29 is 9.21 Å². The highest BCUT2D eigenvalue weighted by molar-refractivity contribution is 7.16. The van der Waals surface area contributed by atoms with E-state index in [1.54, 1.807) is 35.8 Å². The molecule has 1 N–H and O–H groups in total. The van der Waals surface area contributed by atoms with Crippen molar-refractivity contribution >= 4 is 51.7 Å². The van der Waals surface area contributed by atoms with Crippen molar-refractivity contribution in [3.05, 3.63) is 98.0 Å². The summed E-state index contributed by atoms with van der Waals surface area (Å²) in [5, 5.41) is 4.93. The number of fused-ring (bicyclic) bond motifs is 1. The molecule has 172 valence electrons. The minimum absolute atomic E-state index is 0.0822. The topological polar surface area (TPSA) is 54.6 Å². The highest BCUT2D eigenvalue weighted by atomic mass is 35.5. The van der Waals surface area contributed by atoms with Crippen LogP contribution in [0.2, 0.25) is 10.0 Å². The van der Waals surface area contributed by atoms with Gasteiger partial charge in [0.1, 0.15) is 16.5 Å². The zero-order valence-corrected chi connectivity index (χ0v) is 20.6. The Kier molecular flexibility index (Phi) is 6.86. The average molecular weight is 509 g/mol. The fourth-order valence-electron chi connectivity index (χ4n) is 4.12. The molecule has 34 heavy (non-hydrogen) atoms. The van der Waals surface area contributed by atoms with E-state index >= 15 is 0 Å². The molecule has 2 heterocycles. The van der Waals surface area contributed by atoms with Gasteiger partial charge in [-0.1, -0.05) is 53.5 Å². The summed E-state index contributed by atoms with van der Waals surface area (Å²) >= 11 is 14.0. The molecule has 0 spiro atoms. The third-order valence-corrected chi connectivity index (χ3v) is 7.57. The molecule has 0 unspecified atom stereocenters. The number of hydrogen-bond acceptors (Lipinski definition) is 4. The number of benzene rings is 2. The number of rotatable bonds is 6. The molecule has 0 fully saturated rings. The Hall–Kier alpha value is -2.86. The van der Waals surface area contributed by atoms with Crippen LogP contribution in [0, 0.1) is 0 Å². The van der Waals surface area contributed by atoms with Gasteiger partial charge in [-0.25, -0.2) is 4.99 Å². The lowest BCUT2D eigenvalue weighted by molar-refractivity contribution is 0.0951. The zero-order valence-electron chi connectivity index (χ0n) is 18.3. The Labute approximate surface area is 212 Å². The van der Waals surface area contributed by atoms with Crippen LogP contribution >= 0.6 is 34.5 Å². The number of halogens is 2. The second kappa shape index (κ2) is 10.2. The molecular formula is C27H22Cl2N2O2S. The summed E-state index contributed by atoms with van der Waals surface area (Å²) in [5.41, 5.74) is 3.62. The van der Waals surface area contributed by atoms with E-state index in [9.17, 15) is 4.79 Å². The first kappa shape index (κ1) is 22.9. The molecule has 2 aromatic carbocycles. The molecule has 5 rings (SSSR count). The van der Waals surface area contributed by atoms with Crippen LogP contribution in [0.1, 0.15) is 45.0 Å². The minimum Gasteiger partial charge on any atom is -0.455 e. The van der Waals surface area contributed by atoms with Crippen LogP contribution < -0.4 is 5.32 Å². The molecule has 4 aromatic rings. The quantitative estimate of drug-likeness (QED) is 0.269. The second-order valence-electron chi connectivity index (χ2n) is 8.14. The first-order valence-electron chi connectivity index (χ1n) is 11.1. The number of carbonyl (C=O) groups is 1. The van der Waals surface area contributed by atoms with Gasteiger partial charge in [0.15, 0.2) is 0 Å². The van der Waals surface area contributed by atoms with Crippen LogP contribution in [0.3, 0.4) is 0 Å². The summed E-state index contributed by atoms with van der Waals surface area (Å²) in [6, 6.07) is 18.8. The number of carbonyl (C=O) groups excluding carboxylic acids is 1. The van der Waals surface area contributed by atoms with E-state index in [0.717, 1.165) is 47.4 Å². The van der Waals surface area contributed by atoms with Crippen molar-refractivity contribution in [2.75, 3.05) is 0 Å². The maximum atomic E-state index is 13.2. The lowest BCUT2D eigenvalue weighted by Gasteiger charge is -2.12. The molecule has 0 radical (unpaired) electrons. The third-order valence-electron chi connectivity index (χ3n) is 5.81. The van der Waals surface area contributed by atoms with Gasteiger partial charge in [-0.15, -0.1) is 11.3 Å². The number of nitrogens with one attached hydrogen (secondary N) is 1. The molecular weight excluding hydrogens is 487 g/mol. The summed E-state index contributed by atoms with van der Waals surface area (Å²) in [4.78, 5) is 19.2. The normalized spacial score (nSPS) is 13.2. The number of hydrogen-bond donors (Lipinski definition) is 1. The summed E-state index contributed by atoms with van der Waals surface area (Å²) in [6.45, 7) is 0.482. The Morgan fingerprint density at radius 1 is 1.06 bits per heavy atom. The van der Waals surface area contributed by atoms with Gasteiger partial charge in [0.2, 0.25) is 0 Å². The Balaban J connectivity index is 1.40. The number of aliphatic imine (C=N–C) groups is 1. The molecule has 0 aliphatic heterocycles. The number of nitrogens with zero attached hydrogens (tertiary/aromatic N) is 1. The standard InChI is InChI=1S/C27H22Cl2N2O2S/c28-18-10-12-22(29)21(14-18)23-13-11-19(33-23)16-31-27-25(20-8-4-5-9-24(20)34-27)26(32)30-15-17-6-2-1-3-7-17/h1-3,6-7,10-14,16H,4-5,8-9,15H2,(H,30,32). The van der Waals surface area contributed by atoms with Crippen LogP contribution in [0.25, 0.3) is 11.3 Å². The van der Waals surface area contributed by atoms with Crippen LogP contribution in [0.5, 0.6) is 0 Å². The van der Waals surface area contributed by atoms with Gasteiger partial charge in [0.25, 0.3) is 5.91 Å². The molecule has 1 aliphatic rings. The predicted octanol–water partition coefficient (Wildman–Crippen LogP) is 7.87. The molecule has 0 saturated carbocycles. The van der Waals surface area contributed by atoms with E-state index in [-0.39, 0.29) is 5.91 Å².